The molecule has 0 aliphatic carbocycles. The highest BCUT2D eigenvalue weighted by Gasteiger charge is 2.20. The minimum absolute atomic E-state index is 0.439. The smallest absolute Gasteiger partial charge is 0.149 e. The van der Waals surface area contributed by atoms with Gasteiger partial charge >= 0.3 is 0 Å². The predicted octanol–water partition coefficient (Wildman–Crippen LogP) is 1.11. The van der Waals surface area contributed by atoms with Crippen molar-refractivity contribution >= 4 is 0 Å². The summed E-state index contributed by atoms with van der Waals surface area (Å²) >= 11 is 0. The fourth-order valence-electron chi connectivity index (χ4n) is 1.85. The van der Waals surface area contributed by atoms with E-state index in [0.717, 1.165) is 25.3 Å². The number of rotatable bonds is 3. The fourth-order valence-corrected chi connectivity index (χ4v) is 1.85. The van der Waals surface area contributed by atoms with E-state index in [0.29, 0.717) is 6.04 Å². The first kappa shape index (κ1) is 8.69. The summed E-state index contributed by atoms with van der Waals surface area (Å²) < 4.78 is 2.16. The lowest BCUT2D eigenvalue weighted by Crippen LogP contribution is -2.17. The van der Waals surface area contributed by atoms with Gasteiger partial charge in [-0.05, 0) is 25.8 Å². The van der Waals surface area contributed by atoms with Crippen molar-refractivity contribution in [1.82, 2.24) is 20.1 Å². The molecule has 1 aliphatic heterocycles. The highest BCUT2D eigenvalue weighted by atomic mass is 15.3. The number of aryl methyl sites for hydroxylation is 1. The van der Waals surface area contributed by atoms with Crippen LogP contribution in [0.25, 0.3) is 0 Å². The Labute approximate surface area is 78.4 Å². The second kappa shape index (κ2) is 3.87. The maximum Gasteiger partial charge on any atom is 0.149 e. The molecule has 0 bridgehead atoms. The molecule has 0 aromatic carbocycles. The maximum atomic E-state index is 4.17. The summed E-state index contributed by atoms with van der Waals surface area (Å²) in [5.41, 5.74) is 0. The summed E-state index contributed by atoms with van der Waals surface area (Å²) in [6.07, 6.45) is 5.42. The van der Waals surface area contributed by atoms with E-state index in [9.17, 15) is 0 Å². The Morgan fingerprint density at radius 1 is 1.69 bits per heavy atom. The molecule has 0 spiro atoms. The van der Waals surface area contributed by atoms with Gasteiger partial charge in [0.1, 0.15) is 12.2 Å². The van der Waals surface area contributed by atoms with Gasteiger partial charge in [-0.25, -0.2) is 0 Å². The molecule has 4 nitrogen and oxygen atoms in total. The van der Waals surface area contributed by atoms with E-state index >= 15 is 0 Å². The molecular formula is C9H16N4. The molecule has 1 aromatic heterocycles. The molecule has 1 saturated heterocycles. The number of aromatic nitrogens is 3. The summed E-state index contributed by atoms with van der Waals surface area (Å²) in [5.74, 6) is 1.11. The van der Waals surface area contributed by atoms with Gasteiger partial charge in [0, 0.05) is 6.54 Å². The van der Waals surface area contributed by atoms with E-state index in [4.69, 9.17) is 0 Å². The van der Waals surface area contributed by atoms with Crippen molar-refractivity contribution < 1.29 is 0 Å². The number of nitrogens with zero attached hydrogens (tertiary/aromatic N) is 3. The summed E-state index contributed by atoms with van der Waals surface area (Å²) in [6.45, 7) is 4.32. The average molecular weight is 180 g/mol. The number of hydrogen-bond acceptors (Lipinski definition) is 3. The second-order valence-electron chi connectivity index (χ2n) is 3.53. The SMILES string of the molecule is CCCn1cnnc1C1CCCN1. The van der Waals surface area contributed by atoms with Gasteiger partial charge in [0.2, 0.25) is 0 Å². The van der Waals surface area contributed by atoms with Crippen LogP contribution in [0.2, 0.25) is 0 Å². The topological polar surface area (TPSA) is 42.7 Å². The van der Waals surface area contributed by atoms with Crippen LogP contribution in [0.3, 0.4) is 0 Å². The van der Waals surface area contributed by atoms with Crippen LogP contribution in [0.4, 0.5) is 0 Å². The summed E-state index contributed by atoms with van der Waals surface area (Å²) in [5, 5.41) is 11.6. The molecule has 72 valence electrons. The Morgan fingerprint density at radius 3 is 3.31 bits per heavy atom. The monoisotopic (exact) mass is 180 g/mol. The zero-order chi connectivity index (χ0) is 9.10. The van der Waals surface area contributed by atoms with Crippen molar-refractivity contribution in [3.8, 4) is 0 Å². The zero-order valence-electron chi connectivity index (χ0n) is 8.03. The van der Waals surface area contributed by atoms with Crippen molar-refractivity contribution in [2.45, 2.75) is 38.8 Å². The third-order valence-corrected chi connectivity index (χ3v) is 2.48. The van der Waals surface area contributed by atoms with Crippen molar-refractivity contribution in [1.29, 1.82) is 0 Å². The van der Waals surface area contributed by atoms with Crippen molar-refractivity contribution in [3.05, 3.63) is 12.2 Å². The van der Waals surface area contributed by atoms with E-state index in [-0.39, 0.29) is 0 Å². The van der Waals surface area contributed by atoms with Gasteiger partial charge in [0.05, 0.1) is 6.04 Å². The maximum absolute atomic E-state index is 4.17. The van der Waals surface area contributed by atoms with Crippen molar-refractivity contribution in [3.63, 3.8) is 0 Å². The van der Waals surface area contributed by atoms with Crippen LogP contribution >= 0.6 is 0 Å². The summed E-state index contributed by atoms with van der Waals surface area (Å²) in [4.78, 5) is 0. The third-order valence-electron chi connectivity index (χ3n) is 2.48. The van der Waals surface area contributed by atoms with Crippen LogP contribution in [0, 0.1) is 0 Å². The molecule has 0 radical (unpaired) electrons. The Kier molecular flexibility index (Phi) is 2.59. The normalized spacial score (nSPS) is 22.4. The summed E-state index contributed by atoms with van der Waals surface area (Å²) in [7, 11) is 0. The molecule has 2 heterocycles. The van der Waals surface area contributed by atoms with Gasteiger partial charge in [-0.3, -0.25) is 0 Å². The van der Waals surface area contributed by atoms with Crippen LogP contribution in [0.15, 0.2) is 6.33 Å². The molecule has 1 aliphatic rings. The highest BCUT2D eigenvalue weighted by Crippen LogP contribution is 2.20. The number of hydrogen-bond donors (Lipinski definition) is 1. The van der Waals surface area contributed by atoms with Crippen molar-refractivity contribution in [2.24, 2.45) is 0 Å². The van der Waals surface area contributed by atoms with Crippen LogP contribution in [0.5, 0.6) is 0 Å². The molecule has 2 rings (SSSR count). The molecule has 1 unspecified atom stereocenters. The first-order valence-corrected chi connectivity index (χ1v) is 5.03. The Morgan fingerprint density at radius 2 is 2.62 bits per heavy atom. The fraction of sp³-hybridized carbons (Fsp3) is 0.778. The average Bonchev–Trinajstić information content (AvgIpc) is 2.71. The van der Waals surface area contributed by atoms with Crippen LogP contribution in [-0.2, 0) is 6.54 Å². The lowest BCUT2D eigenvalue weighted by molar-refractivity contribution is 0.541. The Bertz CT molecular complexity index is 262. The second-order valence-corrected chi connectivity index (χ2v) is 3.53. The molecule has 1 fully saturated rings. The Balaban J connectivity index is 2.13. The standard InChI is InChI=1S/C9H16N4/c1-2-6-13-7-11-12-9(13)8-4-3-5-10-8/h7-8,10H,2-6H2,1H3. The molecule has 1 atom stereocenters. The summed E-state index contributed by atoms with van der Waals surface area (Å²) in [6, 6.07) is 0.439. The first-order valence-electron chi connectivity index (χ1n) is 5.03. The van der Waals surface area contributed by atoms with Gasteiger partial charge < -0.3 is 9.88 Å². The number of nitrogens with one attached hydrogen (secondary N) is 1. The minimum Gasteiger partial charge on any atom is -0.316 e. The van der Waals surface area contributed by atoms with Crippen LogP contribution in [-0.4, -0.2) is 21.3 Å². The molecule has 1 aromatic rings. The van der Waals surface area contributed by atoms with E-state index in [1.54, 1.807) is 0 Å². The molecule has 4 heteroatoms. The van der Waals surface area contributed by atoms with Crippen molar-refractivity contribution in [2.75, 3.05) is 6.54 Å². The lowest BCUT2D eigenvalue weighted by atomic mass is 10.2. The highest BCUT2D eigenvalue weighted by molar-refractivity contribution is 4.97. The third kappa shape index (κ3) is 1.72. The van der Waals surface area contributed by atoms with Gasteiger partial charge in [0.15, 0.2) is 0 Å². The molecule has 1 N–H and O–H groups in total. The van der Waals surface area contributed by atoms with Gasteiger partial charge in [-0.2, -0.15) is 0 Å². The minimum atomic E-state index is 0.439. The molecular weight excluding hydrogens is 164 g/mol. The molecule has 0 amide bonds. The van der Waals surface area contributed by atoms with E-state index in [2.05, 4.69) is 27.0 Å². The van der Waals surface area contributed by atoms with Gasteiger partial charge in [0.25, 0.3) is 0 Å². The molecule has 0 saturated carbocycles. The van der Waals surface area contributed by atoms with E-state index in [1.807, 2.05) is 6.33 Å². The Hall–Kier alpha value is -0.900. The van der Waals surface area contributed by atoms with Crippen LogP contribution < -0.4 is 5.32 Å². The quantitative estimate of drug-likeness (QED) is 0.757. The predicted molar refractivity (Wildman–Crippen MR) is 50.3 cm³/mol. The lowest BCUT2D eigenvalue weighted by Gasteiger charge is -2.10. The zero-order valence-corrected chi connectivity index (χ0v) is 8.03. The van der Waals surface area contributed by atoms with Gasteiger partial charge in [-0.15, -0.1) is 10.2 Å². The molecule has 13 heavy (non-hydrogen) atoms. The van der Waals surface area contributed by atoms with E-state index < -0.39 is 0 Å². The van der Waals surface area contributed by atoms with Crippen LogP contribution in [0.1, 0.15) is 38.1 Å². The largest absolute Gasteiger partial charge is 0.316 e. The van der Waals surface area contributed by atoms with E-state index in [1.165, 1.54) is 12.8 Å². The first-order chi connectivity index (χ1) is 6.42. The van der Waals surface area contributed by atoms with Gasteiger partial charge in [-0.1, -0.05) is 6.92 Å².